The van der Waals surface area contributed by atoms with E-state index in [1.54, 1.807) is 0 Å². The van der Waals surface area contributed by atoms with E-state index in [0.717, 1.165) is 6.07 Å². The molecule has 1 rings (SSSR count). The van der Waals surface area contributed by atoms with Crippen LogP contribution in [0.2, 0.25) is 0 Å². The Kier molecular flexibility index (Phi) is 3.20. The van der Waals surface area contributed by atoms with Crippen molar-refractivity contribution in [2.45, 2.75) is 6.18 Å². The van der Waals surface area contributed by atoms with Gasteiger partial charge in [-0.15, -0.1) is 6.42 Å². The summed E-state index contributed by atoms with van der Waals surface area (Å²) in [5.41, 5.74) is -1.16. The third-order valence-corrected chi connectivity index (χ3v) is 1.67. The first kappa shape index (κ1) is 11.4. The number of alkyl halides is 3. The van der Waals surface area contributed by atoms with E-state index in [-0.39, 0.29) is 12.2 Å². The van der Waals surface area contributed by atoms with Gasteiger partial charge in [0.25, 0.3) is 0 Å². The smallest absolute Gasteiger partial charge is 0.374 e. The van der Waals surface area contributed by atoms with Gasteiger partial charge in [0.05, 0.1) is 12.1 Å². The maximum Gasteiger partial charge on any atom is 0.419 e. The van der Waals surface area contributed by atoms with Crippen LogP contribution in [0.3, 0.4) is 0 Å². The molecular formula is C10H7F4N. The Bertz CT molecular complexity index is 389. The summed E-state index contributed by atoms with van der Waals surface area (Å²) < 4.78 is 49.5. The van der Waals surface area contributed by atoms with E-state index in [9.17, 15) is 17.6 Å². The average molecular weight is 217 g/mol. The maximum atomic E-state index is 12.8. The quantitative estimate of drug-likeness (QED) is 0.593. The highest BCUT2D eigenvalue weighted by Crippen LogP contribution is 2.32. The number of terminal acetylenes is 1. The van der Waals surface area contributed by atoms with E-state index >= 15 is 0 Å². The summed E-state index contributed by atoms with van der Waals surface area (Å²) in [4.78, 5) is 0. The molecule has 0 aliphatic carbocycles. The zero-order valence-electron chi connectivity index (χ0n) is 7.53. The molecule has 0 spiro atoms. The lowest BCUT2D eigenvalue weighted by Crippen LogP contribution is -2.09. The van der Waals surface area contributed by atoms with Gasteiger partial charge >= 0.3 is 6.18 Å². The first-order chi connectivity index (χ1) is 6.95. The van der Waals surface area contributed by atoms with Crippen LogP contribution in [0.4, 0.5) is 23.2 Å². The molecular weight excluding hydrogens is 210 g/mol. The van der Waals surface area contributed by atoms with E-state index in [1.807, 2.05) is 0 Å². The van der Waals surface area contributed by atoms with Gasteiger partial charge in [0, 0.05) is 5.69 Å². The normalized spacial score (nSPS) is 10.9. The molecule has 1 N–H and O–H groups in total. The van der Waals surface area contributed by atoms with Crippen LogP contribution in [0, 0.1) is 18.2 Å². The van der Waals surface area contributed by atoms with Crippen molar-refractivity contribution in [3.8, 4) is 12.3 Å². The summed E-state index contributed by atoms with van der Waals surface area (Å²) in [5, 5.41) is 2.53. The lowest BCUT2D eigenvalue weighted by Gasteiger charge is -2.10. The maximum absolute atomic E-state index is 12.8. The van der Waals surface area contributed by atoms with Gasteiger partial charge in [-0.2, -0.15) is 13.2 Å². The molecule has 0 aromatic heterocycles. The molecule has 1 aromatic rings. The summed E-state index contributed by atoms with van der Waals surface area (Å²) >= 11 is 0. The van der Waals surface area contributed by atoms with Crippen molar-refractivity contribution < 1.29 is 17.6 Å². The fourth-order valence-corrected chi connectivity index (χ4v) is 1.01. The zero-order valence-corrected chi connectivity index (χ0v) is 7.53. The number of anilines is 1. The van der Waals surface area contributed by atoms with Crippen molar-refractivity contribution >= 4 is 5.69 Å². The van der Waals surface area contributed by atoms with Crippen LogP contribution in [0.15, 0.2) is 18.2 Å². The number of hydrogen-bond donors (Lipinski definition) is 1. The number of rotatable bonds is 2. The van der Waals surface area contributed by atoms with E-state index in [1.165, 1.54) is 6.07 Å². The molecule has 0 atom stereocenters. The van der Waals surface area contributed by atoms with Gasteiger partial charge in [-0.25, -0.2) is 4.39 Å². The lowest BCUT2D eigenvalue weighted by molar-refractivity contribution is -0.139. The van der Waals surface area contributed by atoms with Crippen molar-refractivity contribution in [1.29, 1.82) is 0 Å². The molecule has 0 heterocycles. The van der Waals surface area contributed by atoms with Crippen LogP contribution in [-0.4, -0.2) is 6.54 Å². The van der Waals surface area contributed by atoms with Gasteiger partial charge < -0.3 is 5.32 Å². The predicted molar refractivity (Wildman–Crippen MR) is 48.7 cm³/mol. The third-order valence-electron chi connectivity index (χ3n) is 1.67. The highest BCUT2D eigenvalue weighted by atomic mass is 19.4. The number of benzene rings is 1. The van der Waals surface area contributed by atoms with E-state index < -0.39 is 17.6 Å². The largest absolute Gasteiger partial charge is 0.419 e. The van der Waals surface area contributed by atoms with Crippen LogP contribution >= 0.6 is 0 Å². The molecule has 15 heavy (non-hydrogen) atoms. The molecule has 5 heteroatoms. The van der Waals surface area contributed by atoms with Crippen LogP contribution in [0.5, 0.6) is 0 Å². The van der Waals surface area contributed by atoms with Gasteiger partial charge in [-0.3, -0.25) is 0 Å². The summed E-state index contributed by atoms with van der Waals surface area (Å²) in [7, 11) is 0. The Morgan fingerprint density at radius 2 is 2.00 bits per heavy atom. The van der Waals surface area contributed by atoms with Gasteiger partial charge in [0.15, 0.2) is 0 Å². The molecule has 0 aliphatic rings. The van der Waals surface area contributed by atoms with Crippen LogP contribution in [0.1, 0.15) is 5.56 Å². The van der Waals surface area contributed by atoms with Crippen molar-refractivity contribution in [1.82, 2.24) is 0 Å². The van der Waals surface area contributed by atoms with Gasteiger partial charge in [0.1, 0.15) is 5.82 Å². The summed E-state index contributed by atoms with van der Waals surface area (Å²) in [6.07, 6.45) is 0.225. The van der Waals surface area contributed by atoms with E-state index in [2.05, 4.69) is 11.2 Å². The van der Waals surface area contributed by atoms with Gasteiger partial charge in [-0.05, 0) is 18.2 Å². The van der Waals surface area contributed by atoms with Gasteiger partial charge in [-0.1, -0.05) is 5.92 Å². The van der Waals surface area contributed by atoms with Crippen molar-refractivity contribution in [3.63, 3.8) is 0 Å². The molecule has 0 aliphatic heterocycles. The Hall–Kier alpha value is -1.70. The summed E-state index contributed by atoms with van der Waals surface area (Å²) in [6.45, 7) is 0.0862. The Morgan fingerprint density at radius 1 is 1.33 bits per heavy atom. The molecule has 1 nitrogen and oxygen atoms in total. The summed E-state index contributed by atoms with van der Waals surface area (Å²) in [6, 6.07) is 2.64. The minimum absolute atomic E-state index is 0.0862. The first-order valence-corrected chi connectivity index (χ1v) is 3.99. The van der Waals surface area contributed by atoms with E-state index in [4.69, 9.17) is 6.42 Å². The SMILES string of the molecule is C#CCNc1ccc(F)c(C(F)(F)F)c1. The number of nitrogens with one attached hydrogen (secondary N) is 1. The molecule has 0 saturated carbocycles. The highest BCUT2D eigenvalue weighted by molar-refractivity contribution is 5.47. The Balaban J connectivity index is 3.02. The highest BCUT2D eigenvalue weighted by Gasteiger charge is 2.34. The Labute approximate surface area is 84.1 Å². The summed E-state index contributed by atoms with van der Waals surface area (Å²) in [5.74, 6) is 0.905. The minimum Gasteiger partial charge on any atom is -0.374 e. The van der Waals surface area contributed by atoms with Crippen LogP contribution in [-0.2, 0) is 6.18 Å². The molecule has 0 unspecified atom stereocenters. The van der Waals surface area contributed by atoms with E-state index in [0.29, 0.717) is 6.07 Å². The van der Waals surface area contributed by atoms with Crippen LogP contribution < -0.4 is 5.32 Å². The standard InChI is InChI=1S/C10H7F4N/c1-2-5-15-7-3-4-9(11)8(6-7)10(12,13)14/h1,3-4,6,15H,5H2. The fourth-order valence-electron chi connectivity index (χ4n) is 1.01. The molecule has 0 radical (unpaired) electrons. The third kappa shape index (κ3) is 2.88. The second-order valence-corrected chi connectivity index (χ2v) is 2.75. The molecule has 0 saturated heterocycles. The second kappa shape index (κ2) is 4.22. The molecule has 0 fully saturated rings. The van der Waals surface area contributed by atoms with Crippen molar-refractivity contribution in [2.24, 2.45) is 0 Å². The first-order valence-electron chi connectivity index (χ1n) is 3.99. The molecule has 0 amide bonds. The molecule has 1 aromatic carbocycles. The minimum atomic E-state index is -4.70. The van der Waals surface area contributed by atoms with Gasteiger partial charge in [0.2, 0.25) is 0 Å². The monoisotopic (exact) mass is 217 g/mol. The topological polar surface area (TPSA) is 12.0 Å². The molecule has 0 bridgehead atoms. The van der Waals surface area contributed by atoms with Crippen LogP contribution in [0.25, 0.3) is 0 Å². The number of halogens is 4. The van der Waals surface area contributed by atoms with Crippen molar-refractivity contribution in [3.05, 3.63) is 29.6 Å². The molecule has 80 valence electrons. The fraction of sp³-hybridized carbons (Fsp3) is 0.200. The predicted octanol–water partition coefficient (Wildman–Crippen LogP) is 2.89. The zero-order chi connectivity index (χ0) is 11.5. The average Bonchev–Trinajstić information content (AvgIpc) is 2.15. The second-order valence-electron chi connectivity index (χ2n) is 2.75. The lowest BCUT2D eigenvalue weighted by atomic mass is 10.2. The number of hydrogen-bond acceptors (Lipinski definition) is 1. The Morgan fingerprint density at radius 3 is 2.53 bits per heavy atom. The van der Waals surface area contributed by atoms with Crippen molar-refractivity contribution in [2.75, 3.05) is 11.9 Å².